The Balaban J connectivity index is 1.52. The van der Waals surface area contributed by atoms with Crippen LogP contribution in [0.15, 0.2) is 61.3 Å². The summed E-state index contributed by atoms with van der Waals surface area (Å²) < 4.78 is 11.9. The van der Waals surface area contributed by atoms with Crippen molar-refractivity contribution in [3.8, 4) is 11.5 Å². The smallest absolute Gasteiger partial charge is 0.248 e. The van der Waals surface area contributed by atoms with E-state index >= 15 is 0 Å². The Morgan fingerprint density at radius 3 is 2.78 bits per heavy atom. The van der Waals surface area contributed by atoms with E-state index in [-0.39, 0.29) is 18.6 Å². The van der Waals surface area contributed by atoms with E-state index < -0.39 is 6.61 Å². The van der Waals surface area contributed by atoms with Gasteiger partial charge in [0.1, 0.15) is 43.0 Å². The topological polar surface area (TPSA) is 123 Å². The molecular formula is C25H25ClN6O4. The van der Waals surface area contributed by atoms with Gasteiger partial charge in [0.15, 0.2) is 0 Å². The second-order valence-electron chi connectivity index (χ2n) is 7.99. The van der Waals surface area contributed by atoms with Crippen LogP contribution in [0, 0.1) is 0 Å². The van der Waals surface area contributed by atoms with E-state index in [0.29, 0.717) is 51.2 Å². The zero-order valence-corrected chi connectivity index (χ0v) is 20.5. The van der Waals surface area contributed by atoms with Gasteiger partial charge < -0.3 is 24.8 Å². The SMILES string of the molecule is CC(CN(C)C(=O)CO)Oc1cccc2ncnc(Nc3ccc(OCc4cnccn4)c(Cl)c3)c12. The summed E-state index contributed by atoms with van der Waals surface area (Å²) in [4.78, 5) is 30.1. The minimum absolute atomic E-state index is 0.245. The molecular weight excluding hydrogens is 484 g/mol. The third kappa shape index (κ3) is 6.15. The number of rotatable bonds is 10. The molecule has 0 aliphatic carbocycles. The van der Waals surface area contributed by atoms with Crippen LogP contribution in [0.3, 0.4) is 0 Å². The molecule has 2 aromatic carbocycles. The first-order chi connectivity index (χ1) is 17.4. The van der Waals surface area contributed by atoms with Gasteiger partial charge in [-0.25, -0.2) is 9.97 Å². The molecule has 186 valence electrons. The Morgan fingerprint density at radius 1 is 1.17 bits per heavy atom. The molecule has 2 heterocycles. The quantitative estimate of drug-likeness (QED) is 0.330. The second kappa shape index (κ2) is 11.6. The molecule has 4 rings (SSSR count). The maximum atomic E-state index is 11.7. The lowest BCUT2D eigenvalue weighted by Gasteiger charge is -2.23. The molecule has 11 heteroatoms. The van der Waals surface area contributed by atoms with Crippen molar-refractivity contribution < 1.29 is 19.4 Å². The number of aliphatic hydroxyl groups excluding tert-OH is 1. The molecule has 0 spiro atoms. The fourth-order valence-electron chi connectivity index (χ4n) is 3.52. The number of hydrogen-bond donors (Lipinski definition) is 2. The summed E-state index contributed by atoms with van der Waals surface area (Å²) in [6, 6.07) is 10.8. The van der Waals surface area contributed by atoms with Gasteiger partial charge in [0.25, 0.3) is 0 Å². The summed E-state index contributed by atoms with van der Waals surface area (Å²) in [5.74, 6) is 1.23. The minimum Gasteiger partial charge on any atom is -0.488 e. The summed E-state index contributed by atoms with van der Waals surface area (Å²) in [6.45, 7) is 1.84. The van der Waals surface area contributed by atoms with Crippen molar-refractivity contribution in [3.05, 3.63) is 72.0 Å². The van der Waals surface area contributed by atoms with Crippen LogP contribution in [0.5, 0.6) is 11.5 Å². The van der Waals surface area contributed by atoms with E-state index in [1.807, 2.05) is 31.2 Å². The Kier molecular flexibility index (Phi) is 8.09. The van der Waals surface area contributed by atoms with E-state index in [4.69, 9.17) is 26.2 Å². The lowest BCUT2D eigenvalue weighted by atomic mass is 10.2. The van der Waals surface area contributed by atoms with E-state index in [9.17, 15) is 4.79 Å². The number of nitrogens with one attached hydrogen (secondary N) is 1. The van der Waals surface area contributed by atoms with Crippen molar-refractivity contribution in [3.63, 3.8) is 0 Å². The number of anilines is 2. The van der Waals surface area contributed by atoms with Gasteiger partial charge in [0.2, 0.25) is 5.91 Å². The first kappa shape index (κ1) is 25.1. The molecule has 0 bridgehead atoms. The number of nitrogens with zero attached hydrogens (tertiary/aromatic N) is 5. The van der Waals surface area contributed by atoms with Gasteiger partial charge in [0, 0.05) is 25.1 Å². The highest BCUT2D eigenvalue weighted by Crippen LogP contribution is 2.34. The predicted octanol–water partition coefficient (Wildman–Crippen LogP) is 3.61. The van der Waals surface area contributed by atoms with Gasteiger partial charge >= 0.3 is 0 Å². The summed E-state index contributed by atoms with van der Waals surface area (Å²) >= 11 is 6.46. The lowest BCUT2D eigenvalue weighted by Crippen LogP contribution is -2.37. The van der Waals surface area contributed by atoms with Crippen LogP contribution < -0.4 is 14.8 Å². The van der Waals surface area contributed by atoms with Crippen molar-refractivity contribution in [1.29, 1.82) is 0 Å². The van der Waals surface area contributed by atoms with Gasteiger partial charge in [-0.3, -0.25) is 14.8 Å². The highest BCUT2D eigenvalue weighted by molar-refractivity contribution is 6.32. The zero-order valence-electron chi connectivity index (χ0n) is 19.8. The normalized spacial score (nSPS) is 11.7. The van der Waals surface area contributed by atoms with Crippen LogP contribution in [-0.2, 0) is 11.4 Å². The van der Waals surface area contributed by atoms with Crippen LogP contribution in [0.25, 0.3) is 10.9 Å². The molecule has 2 aromatic heterocycles. The van der Waals surface area contributed by atoms with Gasteiger partial charge in [-0.15, -0.1) is 0 Å². The number of aliphatic hydroxyl groups is 1. The van der Waals surface area contributed by atoms with E-state index in [1.54, 1.807) is 37.8 Å². The molecule has 1 atom stereocenters. The molecule has 0 aliphatic rings. The number of likely N-dealkylation sites (N-methyl/N-ethyl adjacent to an activating group) is 1. The fraction of sp³-hybridized carbons (Fsp3) is 0.240. The summed E-state index contributed by atoms with van der Waals surface area (Å²) in [5, 5.41) is 13.4. The van der Waals surface area contributed by atoms with Gasteiger partial charge in [-0.2, -0.15) is 0 Å². The van der Waals surface area contributed by atoms with Crippen LogP contribution in [0.4, 0.5) is 11.5 Å². The number of hydrogen-bond acceptors (Lipinski definition) is 9. The van der Waals surface area contributed by atoms with E-state index in [1.165, 1.54) is 11.2 Å². The summed E-state index contributed by atoms with van der Waals surface area (Å²) in [7, 11) is 1.61. The molecule has 10 nitrogen and oxygen atoms in total. The highest BCUT2D eigenvalue weighted by atomic mass is 35.5. The van der Waals surface area contributed by atoms with Crippen LogP contribution in [-0.4, -0.2) is 62.2 Å². The fourth-order valence-corrected chi connectivity index (χ4v) is 3.76. The maximum Gasteiger partial charge on any atom is 0.248 e. The molecule has 0 saturated carbocycles. The van der Waals surface area contributed by atoms with Crippen molar-refractivity contribution >= 4 is 39.9 Å². The summed E-state index contributed by atoms with van der Waals surface area (Å²) in [5.41, 5.74) is 2.08. The molecule has 0 saturated heterocycles. The third-order valence-electron chi connectivity index (χ3n) is 5.23. The Bertz CT molecular complexity index is 1340. The molecule has 1 amide bonds. The standard InChI is InChI=1S/C25H25ClN6O4/c1-16(12-32(2)23(34)13-33)36-22-5-3-4-20-24(22)25(30-15-29-20)31-17-6-7-21(19(26)10-17)35-14-18-11-27-8-9-28-18/h3-11,15-16,33H,12-14H2,1-2H3,(H,29,30,31). The number of carbonyl (C=O) groups excluding carboxylic acids is 1. The van der Waals surface area contributed by atoms with Crippen LogP contribution >= 0.6 is 11.6 Å². The van der Waals surface area contributed by atoms with Gasteiger partial charge in [0.05, 0.1) is 34.4 Å². The molecule has 0 aliphatic heterocycles. The average molecular weight is 509 g/mol. The molecule has 36 heavy (non-hydrogen) atoms. The zero-order chi connectivity index (χ0) is 25.5. The monoisotopic (exact) mass is 508 g/mol. The molecule has 4 aromatic rings. The Labute approximate surface area is 212 Å². The number of aromatic nitrogens is 4. The van der Waals surface area contributed by atoms with Gasteiger partial charge in [-0.1, -0.05) is 17.7 Å². The Hall–Kier alpha value is -4.02. The summed E-state index contributed by atoms with van der Waals surface area (Å²) in [6.07, 6.45) is 5.95. The Morgan fingerprint density at radius 2 is 2.03 bits per heavy atom. The average Bonchev–Trinajstić information content (AvgIpc) is 2.88. The van der Waals surface area contributed by atoms with Gasteiger partial charge in [-0.05, 0) is 37.3 Å². The van der Waals surface area contributed by atoms with E-state index in [2.05, 4.69) is 25.3 Å². The third-order valence-corrected chi connectivity index (χ3v) is 5.53. The predicted molar refractivity (Wildman–Crippen MR) is 135 cm³/mol. The maximum absolute atomic E-state index is 11.7. The largest absolute Gasteiger partial charge is 0.488 e. The number of benzene rings is 2. The highest BCUT2D eigenvalue weighted by Gasteiger charge is 2.16. The number of fused-ring (bicyclic) bond motifs is 1. The first-order valence-electron chi connectivity index (χ1n) is 11.1. The molecule has 1 unspecified atom stereocenters. The van der Waals surface area contributed by atoms with Crippen LogP contribution in [0.2, 0.25) is 5.02 Å². The van der Waals surface area contributed by atoms with Crippen molar-refractivity contribution in [2.24, 2.45) is 0 Å². The lowest BCUT2D eigenvalue weighted by molar-refractivity contribution is -0.133. The number of amides is 1. The number of halogens is 1. The number of ether oxygens (including phenoxy) is 2. The van der Waals surface area contributed by atoms with Crippen molar-refractivity contribution in [1.82, 2.24) is 24.8 Å². The molecule has 0 fully saturated rings. The first-order valence-corrected chi connectivity index (χ1v) is 11.5. The molecule has 0 radical (unpaired) electrons. The van der Waals surface area contributed by atoms with E-state index in [0.717, 1.165) is 0 Å². The van der Waals surface area contributed by atoms with Crippen molar-refractivity contribution in [2.75, 3.05) is 25.5 Å². The molecule has 2 N–H and O–H groups in total. The minimum atomic E-state index is -0.549. The second-order valence-corrected chi connectivity index (χ2v) is 8.40. The number of carbonyl (C=O) groups is 1. The van der Waals surface area contributed by atoms with Crippen molar-refractivity contribution in [2.45, 2.75) is 19.6 Å². The van der Waals surface area contributed by atoms with Crippen LogP contribution in [0.1, 0.15) is 12.6 Å².